The van der Waals surface area contributed by atoms with Crippen LogP contribution in [0.25, 0.3) is 0 Å². The van der Waals surface area contributed by atoms with Gasteiger partial charge in [-0.3, -0.25) is 4.79 Å². The third kappa shape index (κ3) is 46.6. The Hall–Kier alpha value is -1.85. The number of hydrogen-bond acceptors (Lipinski definition) is 4. The molecule has 0 spiro atoms. The van der Waals surface area contributed by atoms with Gasteiger partial charge in [0.1, 0.15) is 0 Å². The largest absolute Gasteiger partial charge is 0.481 e. The third-order valence-electron chi connectivity index (χ3n) is 8.60. The summed E-state index contributed by atoms with van der Waals surface area (Å²) < 4.78 is 4.92. The van der Waals surface area contributed by atoms with Gasteiger partial charge in [0.15, 0.2) is 0 Å². The maximum Gasteiger partial charge on any atom is 0.331 e. The lowest BCUT2D eigenvalue weighted by atomic mass is 10.0. The molecule has 6 nitrogen and oxygen atoms in total. The molecule has 0 amide bonds. The van der Waals surface area contributed by atoms with Gasteiger partial charge in [0.05, 0.1) is 6.61 Å². The Morgan fingerprint density at radius 1 is 0.413 bits per heavy atom. The second-order valence-electron chi connectivity index (χ2n) is 13.2. The zero-order valence-corrected chi connectivity index (χ0v) is 30.5. The molecule has 0 aliphatic heterocycles. The number of carboxylic acids is 2. The second kappa shape index (κ2) is 41.2. The molecule has 46 heavy (non-hydrogen) atoms. The predicted octanol–water partition coefficient (Wildman–Crippen LogP) is 12.8. The van der Waals surface area contributed by atoms with E-state index in [9.17, 15) is 14.4 Å². The van der Waals surface area contributed by atoms with Crippen molar-refractivity contribution in [3.8, 4) is 0 Å². The van der Waals surface area contributed by atoms with Crippen LogP contribution >= 0.6 is 0 Å². The van der Waals surface area contributed by atoms with Crippen LogP contribution in [0.1, 0.15) is 219 Å². The number of carbonyl (C=O) groups excluding carboxylic acids is 1. The maximum atomic E-state index is 11.1. The van der Waals surface area contributed by atoms with E-state index >= 15 is 0 Å². The van der Waals surface area contributed by atoms with Crippen LogP contribution in [0.15, 0.2) is 12.2 Å². The van der Waals surface area contributed by atoms with E-state index in [0.29, 0.717) is 13.0 Å². The minimum Gasteiger partial charge on any atom is -0.481 e. The minimum absolute atomic E-state index is 0.345. The first kappa shape index (κ1) is 46.3. The smallest absolute Gasteiger partial charge is 0.331 e. The Kier molecular flexibility index (Phi) is 41.4. The molecule has 0 aliphatic carbocycles. The van der Waals surface area contributed by atoms with Gasteiger partial charge in [-0.1, -0.05) is 200 Å². The molecule has 0 saturated carbocycles. The molecule has 0 saturated heterocycles. The number of carboxylic acid groups (broad SMARTS) is 2. The molecule has 272 valence electrons. The van der Waals surface area contributed by atoms with Gasteiger partial charge in [-0.2, -0.15) is 0 Å². The van der Waals surface area contributed by atoms with Crippen molar-refractivity contribution in [2.75, 3.05) is 6.61 Å². The van der Waals surface area contributed by atoms with Crippen LogP contribution in [0.5, 0.6) is 0 Å². The summed E-state index contributed by atoms with van der Waals surface area (Å²) >= 11 is 0. The van der Waals surface area contributed by atoms with Crippen molar-refractivity contribution < 1.29 is 29.3 Å². The van der Waals surface area contributed by atoms with Crippen LogP contribution in [0.4, 0.5) is 0 Å². The van der Waals surface area contributed by atoms with Gasteiger partial charge in [-0.15, -0.1) is 0 Å². The van der Waals surface area contributed by atoms with Crippen molar-refractivity contribution in [3.63, 3.8) is 0 Å². The molecule has 0 unspecified atom stereocenters. The lowest BCUT2D eigenvalue weighted by Gasteiger charge is -2.04. The molecule has 0 aliphatic rings. The Morgan fingerprint density at radius 3 is 0.978 bits per heavy atom. The van der Waals surface area contributed by atoms with E-state index in [4.69, 9.17) is 14.9 Å². The Bertz CT molecular complexity index is 675. The first-order valence-electron chi connectivity index (χ1n) is 19.7. The van der Waals surface area contributed by atoms with Crippen molar-refractivity contribution in [1.82, 2.24) is 0 Å². The molecule has 0 fully saturated rings. The molecule has 0 aromatic carbocycles. The number of rotatable bonds is 35. The molecule has 0 atom stereocenters. The van der Waals surface area contributed by atoms with E-state index in [1.807, 2.05) is 0 Å². The molecular formula is C40H76O6. The molecular weight excluding hydrogens is 576 g/mol. The maximum absolute atomic E-state index is 11.1. The number of carbonyl (C=O) groups is 3. The highest BCUT2D eigenvalue weighted by molar-refractivity contribution is 5.90. The van der Waals surface area contributed by atoms with E-state index < -0.39 is 17.9 Å². The average molecular weight is 653 g/mol. The molecule has 0 bridgehead atoms. The van der Waals surface area contributed by atoms with Crippen LogP contribution in [-0.2, 0) is 19.1 Å². The van der Waals surface area contributed by atoms with Gasteiger partial charge in [0, 0.05) is 18.6 Å². The first-order chi connectivity index (χ1) is 22.4. The van der Waals surface area contributed by atoms with Crippen LogP contribution in [0.3, 0.4) is 0 Å². The summed E-state index contributed by atoms with van der Waals surface area (Å²) in [4.78, 5) is 31.7. The lowest BCUT2D eigenvalue weighted by molar-refractivity contribution is -0.139. The van der Waals surface area contributed by atoms with Crippen molar-refractivity contribution in [2.45, 2.75) is 219 Å². The normalized spacial score (nSPS) is 11.0. The highest BCUT2D eigenvalue weighted by atomic mass is 16.5. The molecule has 0 aromatic rings. The Balaban J connectivity index is 0. The van der Waals surface area contributed by atoms with E-state index in [2.05, 4.69) is 13.8 Å². The summed E-state index contributed by atoms with van der Waals surface area (Å²) in [5.41, 5.74) is 0. The topological polar surface area (TPSA) is 101 Å². The van der Waals surface area contributed by atoms with E-state index in [-0.39, 0.29) is 0 Å². The number of unbranched alkanes of at least 4 members (excludes halogenated alkanes) is 29. The molecule has 0 radical (unpaired) electrons. The highest BCUT2D eigenvalue weighted by Gasteiger charge is 2.00. The Labute approximate surface area is 284 Å². The number of esters is 1. The second-order valence-corrected chi connectivity index (χ2v) is 13.2. The number of ether oxygens (including phenoxy) is 1. The van der Waals surface area contributed by atoms with Crippen LogP contribution < -0.4 is 0 Å². The van der Waals surface area contributed by atoms with Gasteiger partial charge in [-0.25, -0.2) is 9.59 Å². The SMILES string of the molecule is CCCCCCCCCCCCCCCCCC(=O)O.CCCCCCCCCCCCCCCCCCOC(=O)/C=C/C(=O)O. The van der Waals surface area contributed by atoms with Gasteiger partial charge in [0.2, 0.25) is 0 Å². The number of hydrogen-bond donors (Lipinski definition) is 2. The van der Waals surface area contributed by atoms with Crippen molar-refractivity contribution in [1.29, 1.82) is 0 Å². The van der Waals surface area contributed by atoms with Crippen molar-refractivity contribution >= 4 is 17.9 Å². The average Bonchev–Trinajstić information content (AvgIpc) is 3.03. The molecule has 0 heterocycles. The summed E-state index contributed by atoms with van der Waals surface area (Å²) in [6, 6.07) is 0. The third-order valence-corrected chi connectivity index (χ3v) is 8.60. The quantitative estimate of drug-likeness (QED) is 0.0401. The molecule has 0 rings (SSSR count). The summed E-state index contributed by atoms with van der Waals surface area (Å²) in [5, 5.41) is 16.9. The standard InChI is InChI=1S/C22H40O4.C18H36O2/c1-2-3-4-5-6-7-8-9-10-11-12-13-14-15-16-17-20-26-22(25)19-18-21(23)24;1-2-3-4-5-6-7-8-9-10-11-12-13-14-15-16-17-18(19)20/h18-19H,2-17,20H2,1H3,(H,23,24);2-17H2,1H3,(H,19,20)/b19-18+;. The summed E-state index contributed by atoms with van der Waals surface area (Å²) in [7, 11) is 0. The zero-order chi connectivity index (χ0) is 34.2. The summed E-state index contributed by atoms with van der Waals surface area (Å²) in [6.45, 7) is 4.91. The fourth-order valence-corrected chi connectivity index (χ4v) is 5.66. The van der Waals surface area contributed by atoms with Crippen LogP contribution in [0.2, 0.25) is 0 Å². The predicted molar refractivity (Wildman–Crippen MR) is 194 cm³/mol. The van der Waals surface area contributed by atoms with Gasteiger partial charge in [-0.05, 0) is 12.8 Å². The molecule has 6 heteroatoms. The Morgan fingerprint density at radius 2 is 0.696 bits per heavy atom. The minimum atomic E-state index is -1.13. The van der Waals surface area contributed by atoms with Gasteiger partial charge >= 0.3 is 17.9 Å². The molecule has 2 N–H and O–H groups in total. The summed E-state index contributed by atoms with van der Waals surface area (Å²) in [6.07, 6.45) is 42.9. The van der Waals surface area contributed by atoms with Gasteiger partial charge < -0.3 is 14.9 Å². The lowest BCUT2D eigenvalue weighted by Crippen LogP contribution is -2.03. The van der Waals surface area contributed by atoms with Gasteiger partial charge in [0.25, 0.3) is 0 Å². The molecule has 0 aromatic heterocycles. The fraction of sp³-hybridized carbons (Fsp3) is 0.875. The summed E-state index contributed by atoms with van der Waals surface area (Å²) in [5.74, 6) is -2.36. The van der Waals surface area contributed by atoms with E-state index in [0.717, 1.165) is 37.8 Å². The van der Waals surface area contributed by atoms with E-state index in [1.165, 1.54) is 173 Å². The zero-order valence-electron chi connectivity index (χ0n) is 30.5. The number of aliphatic carboxylic acids is 2. The highest BCUT2D eigenvalue weighted by Crippen LogP contribution is 2.15. The fourth-order valence-electron chi connectivity index (χ4n) is 5.66. The monoisotopic (exact) mass is 653 g/mol. The van der Waals surface area contributed by atoms with Crippen molar-refractivity contribution in [2.24, 2.45) is 0 Å². The van der Waals surface area contributed by atoms with Crippen LogP contribution in [-0.4, -0.2) is 34.7 Å². The van der Waals surface area contributed by atoms with Crippen molar-refractivity contribution in [3.05, 3.63) is 12.2 Å². The van der Waals surface area contributed by atoms with E-state index in [1.54, 1.807) is 0 Å². The first-order valence-corrected chi connectivity index (χ1v) is 19.7. The van der Waals surface area contributed by atoms with Crippen LogP contribution in [0, 0.1) is 0 Å².